The summed E-state index contributed by atoms with van der Waals surface area (Å²) in [7, 11) is 2.24. The van der Waals surface area contributed by atoms with Crippen molar-refractivity contribution >= 4 is 0 Å². The molecule has 19 heavy (non-hydrogen) atoms. The fourth-order valence-corrected chi connectivity index (χ4v) is 3.23. The molecule has 1 saturated heterocycles. The zero-order valence-electron chi connectivity index (χ0n) is 12.6. The van der Waals surface area contributed by atoms with Gasteiger partial charge in [0.05, 0.1) is 0 Å². The Labute approximate surface area is 118 Å². The average molecular weight is 260 g/mol. The summed E-state index contributed by atoms with van der Waals surface area (Å²) in [6.07, 6.45) is 3.84. The molecule has 1 heterocycles. The van der Waals surface area contributed by atoms with Gasteiger partial charge in [0.1, 0.15) is 0 Å². The highest BCUT2D eigenvalue weighted by Gasteiger charge is 2.23. The highest BCUT2D eigenvalue weighted by atomic mass is 15.1. The molecule has 0 aromatic heterocycles. The van der Waals surface area contributed by atoms with E-state index >= 15 is 0 Å². The lowest BCUT2D eigenvalue weighted by molar-refractivity contribution is 0.174. The molecule has 0 amide bonds. The van der Waals surface area contributed by atoms with Gasteiger partial charge in [0.25, 0.3) is 0 Å². The Morgan fingerprint density at radius 3 is 2.68 bits per heavy atom. The Kier molecular flexibility index (Phi) is 5.41. The van der Waals surface area contributed by atoms with Gasteiger partial charge in [-0.3, -0.25) is 0 Å². The van der Waals surface area contributed by atoms with Crippen LogP contribution in [0.3, 0.4) is 0 Å². The number of piperidine rings is 1. The van der Waals surface area contributed by atoms with Crippen molar-refractivity contribution in [2.75, 3.05) is 20.1 Å². The van der Waals surface area contributed by atoms with E-state index in [4.69, 9.17) is 0 Å². The van der Waals surface area contributed by atoms with Crippen LogP contribution in [-0.2, 0) is 6.42 Å². The molecule has 0 bridgehead atoms. The maximum absolute atomic E-state index is 3.79. The molecule has 2 rings (SSSR count). The summed E-state index contributed by atoms with van der Waals surface area (Å²) in [6.45, 7) is 7.16. The normalized spacial score (nSPS) is 24.1. The van der Waals surface area contributed by atoms with Crippen LogP contribution in [0.25, 0.3) is 0 Å². The Bertz CT molecular complexity index is 363. The fraction of sp³-hybridized carbons (Fsp3) is 0.647. The molecule has 106 valence electrons. The van der Waals surface area contributed by atoms with E-state index in [9.17, 15) is 0 Å². The Morgan fingerprint density at radius 2 is 2.00 bits per heavy atom. The molecule has 1 aliphatic rings. The van der Waals surface area contributed by atoms with Crippen LogP contribution in [0.15, 0.2) is 30.3 Å². The highest BCUT2D eigenvalue weighted by Crippen LogP contribution is 2.19. The predicted molar refractivity (Wildman–Crippen MR) is 82.4 cm³/mol. The first-order valence-electron chi connectivity index (χ1n) is 7.63. The van der Waals surface area contributed by atoms with Crippen molar-refractivity contribution in [3.8, 4) is 0 Å². The number of nitrogens with zero attached hydrogens (tertiary/aromatic N) is 1. The molecule has 1 aromatic rings. The smallest absolute Gasteiger partial charge is 0.00818 e. The molecular formula is C17H28N2. The lowest BCUT2D eigenvalue weighted by Crippen LogP contribution is -2.46. The third-order valence-electron chi connectivity index (χ3n) is 4.30. The SMILES string of the molecule is CC(Cc1ccccc1)NC(C)C1CCCN(C)C1. The van der Waals surface area contributed by atoms with Crippen LogP contribution < -0.4 is 5.32 Å². The van der Waals surface area contributed by atoms with Gasteiger partial charge in [-0.05, 0) is 58.2 Å². The molecule has 2 heteroatoms. The van der Waals surface area contributed by atoms with Gasteiger partial charge in [0.15, 0.2) is 0 Å². The summed E-state index contributed by atoms with van der Waals surface area (Å²) in [5.41, 5.74) is 1.43. The molecule has 1 N–H and O–H groups in total. The molecule has 1 fully saturated rings. The number of rotatable bonds is 5. The van der Waals surface area contributed by atoms with Crippen molar-refractivity contribution in [2.45, 2.75) is 45.2 Å². The van der Waals surface area contributed by atoms with E-state index in [1.54, 1.807) is 0 Å². The lowest BCUT2D eigenvalue weighted by Gasteiger charge is -2.35. The molecule has 2 nitrogen and oxygen atoms in total. The maximum atomic E-state index is 3.79. The first-order valence-corrected chi connectivity index (χ1v) is 7.63. The quantitative estimate of drug-likeness (QED) is 0.875. The van der Waals surface area contributed by atoms with Gasteiger partial charge in [-0.25, -0.2) is 0 Å². The van der Waals surface area contributed by atoms with E-state index in [0.29, 0.717) is 12.1 Å². The summed E-state index contributed by atoms with van der Waals surface area (Å²) in [5, 5.41) is 3.79. The molecule has 1 aromatic carbocycles. The lowest BCUT2D eigenvalue weighted by atomic mass is 9.91. The zero-order valence-corrected chi connectivity index (χ0v) is 12.6. The molecule has 0 radical (unpaired) electrons. The predicted octanol–water partition coefficient (Wildman–Crippen LogP) is 2.94. The zero-order chi connectivity index (χ0) is 13.7. The summed E-state index contributed by atoms with van der Waals surface area (Å²) in [5.74, 6) is 0.803. The van der Waals surface area contributed by atoms with E-state index in [0.717, 1.165) is 12.3 Å². The number of likely N-dealkylation sites (tertiary alicyclic amines) is 1. The second kappa shape index (κ2) is 7.06. The van der Waals surface area contributed by atoms with E-state index < -0.39 is 0 Å². The van der Waals surface area contributed by atoms with Crippen LogP contribution >= 0.6 is 0 Å². The van der Waals surface area contributed by atoms with Crippen molar-refractivity contribution in [3.63, 3.8) is 0 Å². The minimum Gasteiger partial charge on any atom is -0.311 e. The second-order valence-electron chi connectivity index (χ2n) is 6.21. The summed E-state index contributed by atoms with van der Waals surface area (Å²) in [6, 6.07) is 11.9. The average Bonchev–Trinajstić information content (AvgIpc) is 2.39. The number of nitrogens with one attached hydrogen (secondary N) is 1. The fourth-order valence-electron chi connectivity index (χ4n) is 3.23. The molecule has 3 unspecified atom stereocenters. The number of hydrogen-bond donors (Lipinski definition) is 1. The van der Waals surface area contributed by atoms with Crippen molar-refractivity contribution in [3.05, 3.63) is 35.9 Å². The Balaban J connectivity index is 1.79. The van der Waals surface area contributed by atoms with Crippen LogP contribution in [-0.4, -0.2) is 37.1 Å². The van der Waals surface area contributed by atoms with Gasteiger partial charge < -0.3 is 10.2 Å². The van der Waals surface area contributed by atoms with Crippen molar-refractivity contribution in [1.82, 2.24) is 10.2 Å². The minimum atomic E-state index is 0.546. The van der Waals surface area contributed by atoms with Gasteiger partial charge in [-0.2, -0.15) is 0 Å². The number of hydrogen-bond acceptors (Lipinski definition) is 2. The molecule has 3 atom stereocenters. The summed E-state index contributed by atoms with van der Waals surface area (Å²) < 4.78 is 0. The van der Waals surface area contributed by atoms with Crippen LogP contribution in [0.4, 0.5) is 0 Å². The van der Waals surface area contributed by atoms with E-state index in [-0.39, 0.29) is 0 Å². The maximum Gasteiger partial charge on any atom is 0.00818 e. The molecule has 1 aliphatic heterocycles. The molecule has 0 aliphatic carbocycles. The van der Waals surface area contributed by atoms with Gasteiger partial charge in [-0.1, -0.05) is 30.3 Å². The van der Waals surface area contributed by atoms with Gasteiger partial charge in [0, 0.05) is 18.6 Å². The highest BCUT2D eigenvalue weighted by molar-refractivity contribution is 5.15. The van der Waals surface area contributed by atoms with E-state index in [1.807, 2.05) is 0 Å². The van der Waals surface area contributed by atoms with Gasteiger partial charge in [-0.15, -0.1) is 0 Å². The monoisotopic (exact) mass is 260 g/mol. The molecule has 0 spiro atoms. The third-order valence-corrected chi connectivity index (χ3v) is 4.30. The van der Waals surface area contributed by atoms with Crippen molar-refractivity contribution < 1.29 is 0 Å². The van der Waals surface area contributed by atoms with Crippen LogP contribution in [0, 0.1) is 5.92 Å². The van der Waals surface area contributed by atoms with E-state index in [2.05, 4.69) is 61.4 Å². The van der Waals surface area contributed by atoms with Crippen LogP contribution in [0.5, 0.6) is 0 Å². The largest absolute Gasteiger partial charge is 0.311 e. The Morgan fingerprint density at radius 1 is 1.26 bits per heavy atom. The van der Waals surface area contributed by atoms with Gasteiger partial charge >= 0.3 is 0 Å². The first-order chi connectivity index (χ1) is 9.15. The van der Waals surface area contributed by atoms with Crippen molar-refractivity contribution in [2.24, 2.45) is 5.92 Å². The van der Waals surface area contributed by atoms with Crippen molar-refractivity contribution in [1.29, 1.82) is 0 Å². The Hall–Kier alpha value is -0.860. The minimum absolute atomic E-state index is 0.546. The standard InChI is InChI=1S/C17H28N2/c1-14(12-16-8-5-4-6-9-16)18-15(2)17-10-7-11-19(3)13-17/h4-6,8-9,14-15,17-18H,7,10-13H2,1-3H3. The van der Waals surface area contributed by atoms with Gasteiger partial charge in [0.2, 0.25) is 0 Å². The third kappa shape index (κ3) is 4.63. The summed E-state index contributed by atoms with van der Waals surface area (Å²) in [4.78, 5) is 2.47. The van der Waals surface area contributed by atoms with Crippen LogP contribution in [0.2, 0.25) is 0 Å². The van der Waals surface area contributed by atoms with E-state index in [1.165, 1.54) is 31.5 Å². The molecular weight excluding hydrogens is 232 g/mol. The number of benzene rings is 1. The van der Waals surface area contributed by atoms with Crippen LogP contribution in [0.1, 0.15) is 32.3 Å². The second-order valence-corrected chi connectivity index (χ2v) is 6.21. The first kappa shape index (κ1) is 14.5. The topological polar surface area (TPSA) is 15.3 Å². The molecule has 0 saturated carbocycles. The summed E-state index contributed by atoms with van der Waals surface area (Å²) >= 11 is 0.